The highest BCUT2D eigenvalue weighted by molar-refractivity contribution is 8.23. The summed E-state index contributed by atoms with van der Waals surface area (Å²) in [5.74, 6) is -1.98. The summed E-state index contributed by atoms with van der Waals surface area (Å²) in [6.07, 6.45) is 0. The highest BCUT2D eigenvalue weighted by atomic mass is 32.2. The third-order valence-electron chi connectivity index (χ3n) is 2.45. The molecule has 1 aliphatic heterocycles. The molecule has 20 heavy (non-hydrogen) atoms. The fraction of sp³-hybridized carbons (Fsp3) is 0.167. The monoisotopic (exact) mass is 309 g/mol. The molecule has 0 bridgehead atoms. The van der Waals surface area contributed by atoms with E-state index in [-0.39, 0.29) is 16.0 Å². The molecule has 0 atom stereocenters. The third-order valence-corrected chi connectivity index (χ3v) is 3.80. The van der Waals surface area contributed by atoms with E-state index in [1.54, 1.807) is 18.2 Å². The highest BCUT2D eigenvalue weighted by Crippen LogP contribution is 2.16. The number of amides is 3. The van der Waals surface area contributed by atoms with Crippen molar-refractivity contribution in [2.45, 2.75) is 6.92 Å². The summed E-state index contributed by atoms with van der Waals surface area (Å²) in [4.78, 5) is 34.8. The summed E-state index contributed by atoms with van der Waals surface area (Å²) < 4.78 is 0.228. The first kappa shape index (κ1) is 14.5. The van der Waals surface area contributed by atoms with Crippen LogP contribution in [0.1, 0.15) is 5.56 Å². The molecule has 0 aromatic heterocycles. The highest BCUT2D eigenvalue weighted by Gasteiger charge is 2.30. The van der Waals surface area contributed by atoms with E-state index in [0.717, 1.165) is 22.3 Å². The summed E-state index contributed by atoms with van der Waals surface area (Å²) in [5, 5.41) is 3.36. The fourth-order valence-electron chi connectivity index (χ4n) is 1.53. The maximum absolute atomic E-state index is 11.7. The zero-order valence-corrected chi connectivity index (χ0v) is 12.1. The van der Waals surface area contributed by atoms with Crippen molar-refractivity contribution in [1.82, 2.24) is 10.4 Å². The molecule has 2 rings (SSSR count). The molecule has 2 N–H and O–H groups in total. The Morgan fingerprint density at radius 2 is 2.10 bits per heavy atom. The van der Waals surface area contributed by atoms with Crippen LogP contribution in [0.3, 0.4) is 0 Å². The predicted octanol–water partition coefficient (Wildman–Crippen LogP) is 0.825. The second-order valence-corrected chi connectivity index (χ2v) is 5.66. The van der Waals surface area contributed by atoms with E-state index in [4.69, 9.17) is 12.2 Å². The second kappa shape index (κ2) is 6.02. The van der Waals surface area contributed by atoms with Crippen LogP contribution in [0.4, 0.5) is 5.69 Å². The quantitative estimate of drug-likeness (QED) is 0.625. The van der Waals surface area contributed by atoms with Gasteiger partial charge in [0, 0.05) is 5.69 Å². The molecule has 0 unspecified atom stereocenters. The molecule has 0 spiro atoms. The minimum atomic E-state index is -0.940. The van der Waals surface area contributed by atoms with Crippen LogP contribution >= 0.6 is 24.0 Å². The standard InChI is InChI=1S/C12H11N3O3S2/c1-7-3-2-4-8(5-7)13-10(17)11(18)14-15-9(16)6-20-12(15)19/h2-5H,6H2,1H3,(H,13,17)(H,14,18). The molecule has 1 heterocycles. The molecule has 1 aliphatic rings. The van der Waals surface area contributed by atoms with Crippen LogP contribution in [0, 0.1) is 6.92 Å². The van der Waals surface area contributed by atoms with Gasteiger partial charge in [-0.3, -0.25) is 19.8 Å². The summed E-state index contributed by atoms with van der Waals surface area (Å²) in [5.41, 5.74) is 3.65. The van der Waals surface area contributed by atoms with Crippen molar-refractivity contribution in [3.05, 3.63) is 29.8 Å². The average molecular weight is 309 g/mol. The molecular weight excluding hydrogens is 298 g/mol. The lowest BCUT2D eigenvalue weighted by molar-refractivity contribution is -0.141. The Hall–Kier alpha value is -1.93. The van der Waals surface area contributed by atoms with Crippen LogP contribution in [0.5, 0.6) is 0 Å². The first-order valence-electron chi connectivity index (χ1n) is 5.66. The fourth-order valence-corrected chi connectivity index (χ4v) is 2.50. The molecule has 1 fully saturated rings. The Balaban J connectivity index is 1.97. The van der Waals surface area contributed by atoms with Gasteiger partial charge in [-0.05, 0) is 24.6 Å². The number of carbonyl (C=O) groups is 3. The van der Waals surface area contributed by atoms with E-state index >= 15 is 0 Å². The predicted molar refractivity (Wildman–Crippen MR) is 79.9 cm³/mol. The maximum atomic E-state index is 11.7. The normalized spacial score (nSPS) is 14.3. The molecule has 8 heteroatoms. The summed E-state index contributed by atoms with van der Waals surface area (Å²) in [6.45, 7) is 1.87. The van der Waals surface area contributed by atoms with Crippen LogP contribution in [0.25, 0.3) is 0 Å². The minimum Gasteiger partial charge on any atom is -0.318 e. The van der Waals surface area contributed by atoms with Gasteiger partial charge in [0.1, 0.15) is 0 Å². The summed E-state index contributed by atoms with van der Waals surface area (Å²) >= 11 is 6.03. The summed E-state index contributed by atoms with van der Waals surface area (Å²) in [7, 11) is 0. The Morgan fingerprint density at radius 1 is 1.35 bits per heavy atom. The third kappa shape index (κ3) is 3.34. The number of thiocarbonyl (C=S) groups is 1. The van der Waals surface area contributed by atoms with Crippen LogP contribution in [-0.4, -0.2) is 32.8 Å². The second-order valence-electron chi connectivity index (χ2n) is 4.05. The van der Waals surface area contributed by atoms with E-state index in [1.807, 2.05) is 13.0 Å². The average Bonchev–Trinajstić information content (AvgIpc) is 2.70. The molecular formula is C12H11N3O3S2. The van der Waals surface area contributed by atoms with Gasteiger partial charge in [-0.2, -0.15) is 0 Å². The number of thioether (sulfide) groups is 1. The minimum absolute atomic E-state index is 0.165. The Kier molecular flexibility index (Phi) is 4.35. The number of hydrazine groups is 1. The Labute approximate surface area is 124 Å². The van der Waals surface area contributed by atoms with Crippen molar-refractivity contribution in [2.24, 2.45) is 0 Å². The molecule has 1 aromatic rings. The topological polar surface area (TPSA) is 78.5 Å². The lowest BCUT2D eigenvalue weighted by atomic mass is 10.2. The van der Waals surface area contributed by atoms with Gasteiger partial charge >= 0.3 is 11.8 Å². The van der Waals surface area contributed by atoms with Crippen LogP contribution in [0.15, 0.2) is 24.3 Å². The molecule has 0 saturated carbocycles. The van der Waals surface area contributed by atoms with Crippen LogP contribution < -0.4 is 10.7 Å². The van der Waals surface area contributed by atoms with E-state index in [9.17, 15) is 14.4 Å². The molecule has 0 aliphatic carbocycles. The van der Waals surface area contributed by atoms with Crippen LogP contribution in [-0.2, 0) is 14.4 Å². The molecule has 0 radical (unpaired) electrons. The van der Waals surface area contributed by atoms with E-state index in [2.05, 4.69) is 10.7 Å². The number of hydrogen-bond acceptors (Lipinski definition) is 5. The van der Waals surface area contributed by atoms with Crippen molar-refractivity contribution in [3.8, 4) is 0 Å². The van der Waals surface area contributed by atoms with Gasteiger partial charge in [-0.1, -0.05) is 36.1 Å². The molecule has 104 valence electrons. The SMILES string of the molecule is Cc1cccc(NC(=O)C(=O)NN2C(=O)CSC2=S)c1. The largest absolute Gasteiger partial charge is 0.328 e. The number of aryl methyl sites for hydroxylation is 1. The zero-order chi connectivity index (χ0) is 14.7. The van der Waals surface area contributed by atoms with Crippen LogP contribution in [0.2, 0.25) is 0 Å². The number of rotatable bonds is 2. The van der Waals surface area contributed by atoms with Gasteiger partial charge in [-0.15, -0.1) is 0 Å². The van der Waals surface area contributed by atoms with Crippen molar-refractivity contribution >= 4 is 51.7 Å². The van der Waals surface area contributed by atoms with Gasteiger partial charge in [0.25, 0.3) is 5.91 Å². The number of hydrogen-bond donors (Lipinski definition) is 2. The summed E-state index contributed by atoms with van der Waals surface area (Å²) in [6, 6.07) is 7.03. The number of nitrogens with one attached hydrogen (secondary N) is 2. The Morgan fingerprint density at radius 3 is 2.70 bits per heavy atom. The number of benzene rings is 1. The van der Waals surface area contributed by atoms with E-state index in [1.165, 1.54) is 0 Å². The van der Waals surface area contributed by atoms with E-state index < -0.39 is 11.8 Å². The number of nitrogens with zero attached hydrogens (tertiary/aromatic N) is 1. The van der Waals surface area contributed by atoms with Gasteiger partial charge in [-0.25, -0.2) is 5.01 Å². The smallest absolute Gasteiger partial charge is 0.318 e. The van der Waals surface area contributed by atoms with Crippen molar-refractivity contribution in [2.75, 3.05) is 11.1 Å². The first-order valence-corrected chi connectivity index (χ1v) is 7.05. The maximum Gasteiger partial charge on any atom is 0.328 e. The molecule has 1 saturated heterocycles. The van der Waals surface area contributed by atoms with Gasteiger partial charge < -0.3 is 5.32 Å². The zero-order valence-electron chi connectivity index (χ0n) is 10.5. The lowest BCUT2D eigenvalue weighted by Gasteiger charge is -2.15. The van der Waals surface area contributed by atoms with E-state index in [0.29, 0.717) is 5.69 Å². The number of carbonyl (C=O) groups excluding carboxylic acids is 3. The van der Waals surface area contributed by atoms with Gasteiger partial charge in [0.05, 0.1) is 5.75 Å². The lowest BCUT2D eigenvalue weighted by Crippen LogP contribution is -2.49. The van der Waals surface area contributed by atoms with Crippen molar-refractivity contribution in [1.29, 1.82) is 0 Å². The van der Waals surface area contributed by atoms with Crippen molar-refractivity contribution in [3.63, 3.8) is 0 Å². The van der Waals surface area contributed by atoms with Crippen molar-refractivity contribution < 1.29 is 14.4 Å². The number of anilines is 1. The first-order chi connectivity index (χ1) is 9.47. The van der Waals surface area contributed by atoms with Gasteiger partial charge in [0.2, 0.25) is 0 Å². The Bertz CT molecular complexity index is 587. The molecule has 1 aromatic carbocycles. The molecule has 6 nitrogen and oxygen atoms in total. The molecule has 3 amide bonds. The van der Waals surface area contributed by atoms with Gasteiger partial charge in [0.15, 0.2) is 4.32 Å².